The van der Waals surface area contributed by atoms with Crippen molar-refractivity contribution in [1.29, 1.82) is 0 Å². The Kier molecular flexibility index (Phi) is 5.56. The molecule has 0 N–H and O–H groups in total. The number of pyridine rings is 1. The van der Waals surface area contributed by atoms with Crippen LogP contribution in [0.1, 0.15) is 23.7 Å². The molecular weight excluding hydrogens is 434 g/mol. The van der Waals surface area contributed by atoms with E-state index in [1.165, 1.54) is 17.8 Å². The standard InChI is InChI=1S/C22H22F2N6OS/c1-2-31-27-21(16-4-5-17(23)18(24)7-16)19-6-3-15(8-25-19)10-29-11-22(12-29)13-30(14-22)20-9-26-32-28-20/h3-9H,2,10-14H2,1H3. The van der Waals surface area contributed by atoms with E-state index in [-0.39, 0.29) is 0 Å². The van der Waals surface area contributed by atoms with E-state index in [0.717, 1.165) is 56.2 Å². The van der Waals surface area contributed by atoms with Crippen LogP contribution in [0.3, 0.4) is 0 Å². The first-order valence-electron chi connectivity index (χ1n) is 10.4. The molecule has 0 aliphatic carbocycles. The monoisotopic (exact) mass is 456 g/mol. The predicted molar refractivity (Wildman–Crippen MR) is 118 cm³/mol. The number of benzene rings is 1. The molecule has 1 aromatic carbocycles. The summed E-state index contributed by atoms with van der Waals surface area (Å²) in [5, 5.41) is 4.08. The summed E-state index contributed by atoms with van der Waals surface area (Å²) in [6.07, 6.45) is 3.63. The van der Waals surface area contributed by atoms with E-state index in [1.54, 1.807) is 13.1 Å². The zero-order valence-corrected chi connectivity index (χ0v) is 18.4. The van der Waals surface area contributed by atoms with Gasteiger partial charge in [0.05, 0.1) is 23.6 Å². The Morgan fingerprint density at radius 2 is 1.97 bits per heavy atom. The van der Waals surface area contributed by atoms with Gasteiger partial charge in [0.1, 0.15) is 12.3 Å². The van der Waals surface area contributed by atoms with Crippen LogP contribution in [0.2, 0.25) is 0 Å². The second-order valence-corrected chi connectivity index (χ2v) is 8.86. The molecule has 0 bridgehead atoms. The lowest BCUT2D eigenvalue weighted by Gasteiger charge is -2.60. The number of hydrogen-bond donors (Lipinski definition) is 0. The Balaban J connectivity index is 1.21. The van der Waals surface area contributed by atoms with Crippen LogP contribution in [0.25, 0.3) is 0 Å². The largest absolute Gasteiger partial charge is 0.396 e. The van der Waals surface area contributed by atoms with Gasteiger partial charge >= 0.3 is 0 Å². The molecule has 0 atom stereocenters. The number of halogens is 2. The summed E-state index contributed by atoms with van der Waals surface area (Å²) in [7, 11) is 0. The minimum absolute atomic E-state index is 0.360. The Labute approximate surface area is 188 Å². The second-order valence-electron chi connectivity index (χ2n) is 8.31. The van der Waals surface area contributed by atoms with Crippen LogP contribution in [0.5, 0.6) is 0 Å². The van der Waals surface area contributed by atoms with Gasteiger partial charge in [-0.3, -0.25) is 9.88 Å². The summed E-state index contributed by atoms with van der Waals surface area (Å²) in [6.45, 7) is 7.13. The van der Waals surface area contributed by atoms with E-state index in [4.69, 9.17) is 4.84 Å². The molecule has 2 saturated heterocycles. The molecule has 1 spiro atoms. The Hall–Kier alpha value is -2.98. The van der Waals surface area contributed by atoms with Gasteiger partial charge in [-0.1, -0.05) is 11.2 Å². The van der Waals surface area contributed by atoms with Crippen LogP contribution >= 0.6 is 11.7 Å². The number of likely N-dealkylation sites (tertiary alicyclic amines) is 1. The van der Waals surface area contributed by atoms with E-state index >= 15 is 0 Å². The Morgan fingerprint density at radius 3 is 2.62 bits per heavy atom. The molecule has 0 unspecified atom stereocenters. The predicted octanol–water partition coefficient (Wildman–Crippen LogP) is 3.32. The van der Waals surface area contributed by atoms with Crippen molar-refractivity contribution < 1.29 is 13.6 Å². The molecule has 166 valence electrons. The highest BCUT2D eigenvalue weighted by Gasteiger charge is 2.51. The van der Waals surface area contributed by atoms with Crippen LogP contribution in [0, 0.1) is 17.0 Å². The van der Waals surface area contributed by atoms with Gasteiger partial charge in [0, 0.05) is 49.9 Å². The van der Waals surface area contributed by atoms with E-state index in [0.29, 0.717) is 29.0 Å². The molecule has 0 saturated carbocycles. The number of aromatic nitrogens is 3. The Morgan fingerprint density at radius 1 is 1.12 bits per heavy atom. The topological polar surface area (TPSA) is 66.7 Å². The van der Waals surface area contributed by atoms with Crippen LogP contribution < -0.4 is 4.90 Å². The van der Waals surface area contributed by atoms with E-state index in [9.17, 15) is 8.78 Å². The summed E-state index contributed by atoms with van der Waals surface area (Å²) in [6, 6.07) is 7.47. The molecule has 7 nitrogen and oxygen atoms in total. The van der Waals surface area contributed by atoms with Crippen LogP contribution in [-0.4, -0.2) is 57.1 Å². The third-order valence-electron chi connectivity index (χ3n) is 5.80. The van der Waals surface area contributed by atoms with Gasteiger partial charge in [0.2, 0.25) is 0 Å². The number of nitrogens with zero attached hydrogens (tertiary/aromatic N) is 6. The average molecular weight is 457 g/mol. The van der Waals surface area contributed by atoms with Gasteiger partial charge in [-0.15, -0.1) is 0 Å². The zero-order valence-electron chi connectivity index (χ0n) is 17.5. The fraction of sp³-hybridized carbons (Fsp3) is 0.364. The van der Waals surface area contributed by atoms with Crippen molar-refractivity contribution >= 4 is 23.3 Å². The highest BCUT2D eigenvalue weighted by Crippen LogP contribution is 2.41. The SMILES string of the molecule is CCON=C(c1ccc(F)c(F)c1)c1ccc(CN2CC3(C2)CN(c2cnsn2)C3)cn1. The first kappa shape index (κ1) is 20.9. The lowest BCUT2D eigenvalue weighted by Crippen LogP contribution is -2.72. The lowest BCUT2D eigenvalue weighted by molar-refractivity contribution is -0.0276. The van der Waals surface area contributed by atoms with E-state index in [2.05, 4.69) is 28.7 Å². The lowest BCUT2D eigenvalue weighted by atomic mass is 9.73. The smallest absolute Gasteiger partial charge is 0.162 e. The summed E-state index contributed by atoms with van der Waals surface area (Å²) < 4.78 is 35.4. The molecule has 3 aromatic rings. The molecule has 2 fully saturated rings. The minimum Gasteiger partial charge on any atom is -0.396 e. The van der Waals surface area contributed by atoms with Gasteiger partial charge in [-0.25, -0.2) is 8.78 Å². The maximum atomic E-state index is 13.7. The van der Waals surface area contributed by atoms with Gasteiger partial charge in [-0.2, -0.15) is 8.75 Å². The van der Waals surface area contributed by atoms with Crippen molar-refractivity contribution in [3.8, 4) is 0 Å². The molecule has 2 aliphatic heterocycles. The third kappa shape index (κ3) is 4.07. The van der Waals surface area contributed by atoms with Crippen molar-refractivity contribution in [3.63, 3.8) is 0 Å². The summed E-state index contributed by atoms with van der Waals surface area (Å²) in [5.74, 6) is -0.863. The average Bonchev–Trinajstić information content (AvgIpc) is 3.27. The van der Waals surface area contributed by atoms with E-state index in [1.807, 2.05) is 18.3 Å². The first-order chi connectivity index (χ1) is 15.5. The van der Waals surface area contributed by atoms with Crippen molar-refractivity contribution in [2.24, 2.45) is 10.6 Å². The summed E-state index contributed by atoms with van der Waals surface area (Å²) >= 11 is 1.24. The van der Waals surface area contributed by atoms with Crippen molar-refractivity contribution in [1.82, 2.24) is 18.6 Å². The maximum Gasteiger partial charge on any atom is 0.162 e. The fourth-order valence-corrected chi connectivity index (χ4v) is 4.81. The van der Waals surface area contributed by atoms with Crippen LogP contribution in [0.15, 0.2) is 47.9 Å². The molecule has 10 heteroatoms. The van der Waals surface area contributed by atoms with Crippen molar-refractivity contribution in [3.05, 3.63) is 71.2 Å². The number of hydrogen-bond acceptors (Lipinski definition) is 8. The number of anilines is 1. The fourth-order valence-electron chi connectivity index (χ4n) is 4.37. The molecule has 2 aliphatic rings. The van der Waals surface area contributed by atoms with Gasteiger partial charge in [0.15, 0.2) is 17.5 Å². The van der Waals surface area contributed by atoms with Crippen LogP contribution in [0.4, 0.5) is 14.6 Å². The molecule has 0 radical (unpaired) electrons. The normalized spacial score (nSPS) is 17.8. The quantitative estimate of drug-likeness (QED) is 0.401. The second kappa shape index (κ2) is 8.51. The summed E-state index contributed by atoms with van der Waals surface area (Å²) in [4.78, 5) is 14.4. The molecule has 32 heavy (non-hydrogen) atoms. The third-order valence-corrected chi connectivity index (χ3v) is 6.26. The number of oxime groups is 1. The molecule has 0 amide bonds. The van der Waals surface area contributed by atoms with Crippen molar-refractivity contribution in [2.75, 3.05) is 37.7 Å². The van der Waals surface area contributed by atoms with Crippen molar-refractivity contribution in [2.45, 2.75) is 13.5 Å². The highest BCUT2D eigenvalue weighted by atomic mass is 32.1. The highest BCUT2D eigenvalue weighted by molar-refractivity contribution is 6.99. The van der Waals surface area contributed by atoms with Gasteiger partial charge in [0.25, 0.3) is 0 Å². The maximum absolute atomic E-state index is 13.7. The molecule has 2 aromatic heterocycles. The minimum atomic E-state index is -0.935. The molecule has 4 heterocycles. The molecular formula is C22H22F2N6OS. The summed E-state index contributed by atoms with van der Waals surface area (Å²) in [5.41, 5.74) is 2.77. The van der Waals surface area contributed by atoms with Gasteiger partial charge < -0.3 is 9.74 Å². The van der Waals surface area contributed by atoms with Crippen LogP contribution in [-0.2, 0) is 11.4 Å². The van der Waals surface area contributed by atoms with E-state index < -0.39 is 11.6 Å². The first-order valence-corrected chi connectivity index (χ1v) is 11.1. The van der Waals surface area contributed by atoms with Gasteiger partial charge in [-0.05, 0) is 36.8 Å². The zero-order chi connectivity index (χ0) is 22.1. The molecule has 5 rings (SSSR count). The number of rotatable bonds is 7. The Bertz CT molecular complexity index is 1110.